The molecule has 1 fully saturated rings. The SMILES string of the molecule is COC1CCN(c2ccnc(CNC(C)C)c2)C1. The third kappa shape index (κ3) is 3.43. The van der Waals surface area contributed by atoms with E-state index in [0.717, 1.165) is 31.7 Å². The van der Waals surface area contributed by atoms with Gasteiger partial charge in [-0.2, -0.15) is 0 Å². The average molecular weight is 249 g/mol. The second-order valence-corrected chi connectivity index (χ2v) is 5.13. The first-order chi connectivity index (χ1) is 8.69. The van der Waals surface area contributed by atoms with Crippen LogP contribution in [-0.4, -0.2) is 37.3 Å². The Morgan fingerprint density at radius 2 is 2.39 bits per heavy atom. The number of nitrogens with zero attached hydrogens (tertiary/aromatic N) is 2. The molecule has 0 aromatic carbocycles. The zero-order chi connectivity index (χ0) is 13.0. The molecule has 1 aliphatic heterocycles. The second kappa shape index (κ2) is 6.16. The summed E-state index contributed by atoms with van der Waals surface area (Å²) in [5.41, 5.74) is 2.35. The van der Waals surface area contributed by atoms with Crippen LogP contribution in [0.4, 0.5) is 5.69 Å². The smallest absolute Gasteiger partial charge is 0.0762 e. The van der Waals surface area contributed by atoms with Gasteiger partial charge in [0.25, 0.3) is 0 Å². The molecule has 1 saturated heterocycles. The predicted molar refractivity (Wildman–Crippen MR) is 73.8 cm³/mol. The summed E-state index contributed by atoms with van der Waals surface area (Å²) in [5.74, 6) is 0. The standard InChI is InChI=1S/C14H23N3O/c1-11(2)16-9-12-8-13(4-6-15-12)17-7-5-14(10-17)18-3/h4,6,8,11,14,16H,5,7,9-10H2,1-3H3. The van der Waals surface area contributed by atoms with Crippen molar-refractivity contribution in [1.82, 2.24) is 10.3 Å². The highest BCUT2D eigenvalue weighted by molar-refractivity contribution is 5.47. The van der Waals surface area contributed by atoms with E-state index in [2.05, 4.69) is 41.2 Å². The number of hydrogen-bond acceptors (Lipinski definition) is 4. The van der Waals surface area contributed by atoms with Crippen molar-refractivity contribution in [2.24, 2.45) is 0 Å². The molecular formula is C14H23N3O. The molecule has 18 heavy (non-hydrogen) atoms. The Bertz CT molecular complexity index is 381. The van der Waals surface area contributed by atoms with Crippen LogP contribution in [0.3, 0.4) is 0 Å². The van der Waals surface area contributed by atoms with Gasteiger partial charge in [0.1, 0.15) is 0 Å². The van der Waals surface area contributed by atoms with Gasteiger partial charge in [0.15, 0.2) is 0 Å². The maximum atomic E-state index is 5.40. The van der Waals surface area contributed by atoms with Crippen LogP contribution < -0.4 is 10.2 Å². The number of nitrogens with one attached hydrogen (secondary N) is 1. The van der Waals surface area contributed by atoms with Crippen molar-refractivity contribution in [3.63, 3.8) is 0 Å². The molecule has 100 valence electrons. The minimum Gasteiger partial charge on any atom is -0.380 e. The molecule has 1 aliphatic rings. The Balaban J connectivity index is 1.99. The normalized spacial score (nSPS) is 19.8. The van der Waals surface area contributed by atoms with Gasteiger partial charge in [0, 0.05) is 44.7 Å². The van der Waals surface area contributed by atoms with Gasteiger partial charge >= 0.3 is 0 Å². The van der Waals surface area contributed by atoms with Gasteiger partial charge in [-0.05, 0) is 18.6 Å². The summed E-state index contributed by atoms with van der Waals surface area (Å²) in [6, 6.07) is 4.74. The molecule has 1 aromatic heterocycles. The fourth-order valence-electron chi connectivity index (χ4n) is 2.22. The molecule has 0 bridgehead atoms. The van der Waals surface area contributed by atoms with Gasteiger partial charge < -0.3 is 15.0 Å². The first-order valence-corrected chi connectivity index (χ1v) is 6.65. The molecule has 1 atom stereocenters. The molecule has 0 radical (unpaired) electrons. The third-order valence-electron chi connectivity index (χ3n) is 3.34. The fourth-order valence-corrected chi connectivity index (χ4v) is 2.22. The van der Waals surface area contributed by atoms with E-state index in [1.54, 1.807) is 7.11 Å². The summed E-state index contributed by atoms with van der Waals surface area (Å²) in [5, 5.41) is 3.39. The molecular weight excluding hydrogens is 226 g/mol. The summed E-state index contributed by atoms with van der Waals surface area (Å²) in [4.78, 5) is 6.77. The summed E-state index contributed by atoms with van der Waals surface area (Å²) in [7, 11) is 1.79. The highest BCUT2D eigenvalue weighted by atomic mass is 16.5. The molecule has 1 aromatic rings. The average Bonchev–Trinajstić information content (AvgIpc) is 2.85. The maximum Gasteiger partial charge on any atom is 0.0762 e. The van der Waals surface area contributed by atoms with Crippen LogP contribution in [0.5, 0.6) is 0 Å². The highest BCUT2D eigenvalue weighted by Gasteiger charge is 2.22. The molecule has 2 rings (SSSR count). The molecule has 4 nitrogen and oxygen atoms in total. The van der Waals surface area contributed by atoms with E-state index < -0.39 is 0 Å². The van der Waals surface area contributed by atoms with E-state index in [0.29, 0.717) is 12.1 Å². The summed E-state index contributed by atoms with van der Waals surface area (Å²) in [6.45, 7) is 7.17. The van der Waals surface area contributed by atoms with Crippen molar-refractivity contribution in [3.8, 4) is 0 Å². The van der Waals surface area contributed by atoms with E-state index in [9.17, 15) is 0 Å². The Morgan fingerprint density at radius 3 is 3.06 bits per heavy atom. The Kier molecular flexibility index (Phi) is 4.55. The highest BCUT2D eigenvalue weighted by Crippen LogP contribution is 2.21. The molecule has 0 aliphatic carbocycles. The van der Waals surface area contributed by atoms with Crippen LogP contribution in [0.15, 0.2) is 18.3 Å². The first kappa shape index (κ1) is 13.3. The zero-order valence-electron chi connectivity index (χ0n) is 11.5. The van der Waals surface area contributed by atoms with Crippen LogP contribution in [0.2, 0.25) is 0 Å². The predicted octanol–water partition coefficient (Wildman–Crippen LogP) is 1.80. The number of ether oxygens (including phenoxy) is 1. The zero-order valence-corrected chi connectivity index (χ0v) is 11.5. The maximum absolute atomic E-state index is 5.40. The van der Waals surface area contributed by atoms with Crippen LogP contribution in [0.25, 0.3) is 0 Å². The lowest BCUT2D eigenvalue weighted by Gasteiger charge is -2.19. The molecule has 0 saturated carbocycles. The van der Waals surface area contributed by atoms with E-state index in [-0.39, 0.29) is 0 Å². The number of aromatic nitrogens is 1. The van der Waals surface area contributed by atoms with E-state index >= 15 is 0 Å². The van der Waals surface area contributed by atoms with Gasteiger partial charge in [-0.1, -0.05) is 13.8 Å². The Morgan fingerprint density at radius 1 is 1.56 bits per heavy atom. The molecule has 1 N–H and O–H groups in total. The van der Waals surface area contributed by atoms with Crippen molar-refractivity contribution in [2.45, 2.75) is 39.0 Å². The quantitative estimate of drug-likeness (QED) is 0.863. The Hall–Kier alpha value is -1.13. The number of rotatable bonds is 5. The van der Waals surface area contributed by atoms with Crippen molar-refractivity contribution >= 4 is 5.69 Å². The lowest BCUT2D eigenvalue weighted by molar-refractivity contribution is 0.121. The van der Waals surface area contributed by atoms with Crippen LogP contribution in [0.1, 0.15) is 26.0 Å². The summed E-state index contributed by atoms with van der Waals surface area (Å²) < 4.78 is 5.40. The molecule has 4 heteroatoms. The lowest BCUT2D eigenvalue weighted by Crippen LogP contribution is -2.24. The monoisotopic (exact) mass is 249 g/mol. The number of anilines is 1. The van der Waals surface area contributed by atoms with Gasteiger partial charge in [0.05, 0.1) is 11.8 Å². The Labute approximate surface area is 109 Å². The summed E-state index contributed by atoms with van der Waals surface area (Å²) >= 11 is 0. The van der Waals surface area contributed by atoms with E-state index in [1.165, 1.54) is 5.69 Å². The van der Waals surface area contributed by atoms with Crippen LogP contribution in [0, 0.1) is 0 Å². The third-order valence-corrected chi connectivity index (χ3v) is 3.34. The van der Waals surface area contributed by atoms with Crippen molar-refractivity contribution in [3.05, 3.63) is 24.0 Å². The van der Waals surface area contributed by atoms with Crippen LogP contribution in [-0.2, 0) is 11.3 Å². The van der Waals surface area contributed by atoms with Gasteiger partial charge in [-0.15, -0.1) is 0 Å². The van der Waals surface area contributed by atoms with Crippen molar-refractivity contribution in [2.75, 3.05) is 25.1 Å². The topological polar surface area (TPSA) is 37.4 Å². The minimum atomic E-state index is 0.371. The molecule has 1 unspecified atom stereocenters. The molecule has 0 spiro atoms. The van der Waals surface area contributed by atoms with Gasteiger partial charge in [-0.25, -0.2) is 0 Å². The van der Waals surface area contributed by atoms with Crippen LogP contribution >= 0.6 is 0 Å². The number of hydrogen-bond donors (Lipinski definition) is 1. The molecule has 0 amide bonds. The van der Waals surface area contributed by atoms with Crippen molar-refractivity contribution < 1.29 is 4.74 Å². The number of pyridine rings is 1. The summed E-state index contributed by atoms with van der Waals surface area (Å²) in [6.07, 6.45) is 3.38. The number of methoxy groups -OCH3 is 1. The first-order valence-electron chi connectivity index (χ1n) is 6.65. The largest absolute Gasteiger partial charge is 0.380 e. The molecule has 2 heterocycles. The lowest BCUT2D eigenvalue weighted by atomic mass is 10.2. The van der Waals surface area contributed by atoms with E-state index in [1.807, 2.05) is 6.20 Å². The van der Waals surface area contributed by atoms with Crippen molar-refractivity contribution in [1.29, 1.82) is 0 Å². The van der Waals surface area contributed by atoms with Gasteiger partial charge in [-0.3, -0.25) is 4.98 Å². The fraction of sp³-hybridized carbons (Fsp3) is 0.643. The minimum absolute atomic E-state index is 0.371. The van der Waals surface area contributed by atoms with Gasteiger partial charge in [0.2, 0.25) is 0 Å². The van der Waals surface area contributed by atoms with E-state index in [4.69, 9.17) is 4.74 Å². The second-order valence-electron chi connectivity index (χ2n) is 5.13.